The number of carbonyl (C=O) groups excluding carboxylic acids is 1. The Hall–Kier alpha value is -4.65. The topological polar surface area (TPSA) is 89.9 Å². The first-order chi connectivity index (χ1) is 18.7. The van der Waals surface area contributed by atoms with Gasteiger partial charge >= 0.3 is 12.3 Å². The fraction of sp³-hybridized carbons (Fsp3) is 0.267. The number of hydrogen-bond acceptors (Lipinski definition) is 5. The van der Waals surface area contributed by atoms with Crippen LogP contribution in [0.4, 0.5) is 18.0 Å². The Balaban J connectivity index is 1.87. The van der Waals surface area contributed by atoms with Gasteiger partial charge in [0, 0.05) is 11.8 Å². The number of rotatable bonds is 4. The molecule has 0 amide bonds. The molecule has 0 spiro atoms. The second-order valence-corrected chi connectivity index (χ2v) is 10.5. The van der Waals surface area contributed by atoms with Crippen LogP contribution in [0.1, 0.15) is 48.6 Å². The molecular formula is C30H27F3N4O3. The van der Waals surface area contributed by atoms with Crippen LogP contribution in [0.3, 0.4) is 0 Å². The Morgan fingerprint density at radius 1 is 1.02 bits per heavy atom. The zero-order chi connectivity index (χ0) is 29.4. The maximum Gasteiger partial charge on any atom is 0.435 e. The number of pyridine rings is 1. The smallest absolute Gasteiger partial charge is 0.435 e. The molecule has 4 aromatic rings. The van der Waals surface area contributed by atoms with Crippen LogP contribution < -0.4 is 5.56 Å². The molecule has 0 unspecified atom stereocenters. The molecule has 0 saturated heterocycles. The van der Waals surface area contributed by atoms with E-state index in [2.05, 4.69) is 5.10 Å². The van der Waals surface area contributed by atoms with E-state index in [1.807, 2.05) is 32.0 Å². The molecule has 0 N–H and O–H groups in total. The summed E-state index contributed by atoms with van der Waals surface area (Å²) in [6, 6.07) is 14.4. The van der Waals surface area contributed by atoms with E-state index < -0.39 is 34.6 Å². The third-order valence-corrected chi connectivity index (χ3v) is 6.20. The summed E-state index contributed by atoms with van der Waals surface area (Å²) < 4.78 is 49.4. The van der Waals surface area contributed by atoms with Crippen molar-refractivity contribution in [1.29, 1.82) is 5.26 Å². The number of alkyl halides is 3. The van der Waals surface area contributed by atoms with Crippen molar-refractivity contribution < 1.29 is 22.7 Å². The Morgan fingerprint density at radius 3 is 2.35 bits per heavy atom. The predicted molar refractivity (Wildman–Crippen MR) is 144 cm³/mol. The van der Waals surface area contributed by atoms with E-state index in [-0.39, 0.29) is 12.2 Å². The van der Waals surface area contributed by atoms with Gasteiger partial charge in [0.25, 0.3) is 5.56 Å². The van der Waals surface area contributed by atoms with Gasteiger partial charge in [-0.2, -0.15) is 28.2 Å². The monoisotopic (exact) mass is 548 g/mol. The van der Waals surface area contributed by atoms with Crippen molar-refractivity contribution in [2.24, 2.45) is 0 Å². The zero-order valence-corrected chi connectivity index (χ0v) is 22.6. The van der Waals surface area contributed by atoms with Crippen LogP contribution in [-0.4, -0.2) is 26.0 Å². The van der Waals surface area contributed by atoms with Crippen molar-refractivity contribution in [3.63, 3.8) is 0 Å². The SMILES string of the molecule is Cc1ccc(Cn2c(-c3cccc(-c4cnn(C(=O)OC(C)(C)C)c4)c3)cc(C(F)(F)F)c(C#N)c2=O)c(C)c1. The molecule has 0 bridgehead atoms. The molecule has 4 rings (SSSR count). The summed E-state index contributed by atoms with van der Waals surface area (Å²) in [5.41, 5.74) is -0.0470. The fourth-order valence-electron chi connectivity index (χ4n) is 4.31. The summed E-state index contributed by atoms with van der Waals surface area (Å²) >= 11 is 0. The van der Waals surface area contributed by atoms with Crippen molar-refractivity contribution in [3.8, 4) is 28.5 Å². The molecule has 7 nitrogen and oxygen atoms in total. The van der Waals surface area contributed by atoms with Crippen molar-refractivity contribution in [3.05, 3.63) is 99.1 Å². The molecule has 2 aromatic heterocycles. The molecule has 40 heavy (non-hydrogen) atoms. The van der Waals surface area contributed by atoms with Crippen molar-refractivity contribution in [2.45, 2.75) is 52.9 Å². The van der Waals surface area contributed by atoms with E-state index in [9.17, 15) is 28.0 Å². The van der Waals surface area contributed by atoms with Crippen LogP contribution in [0.2, 0.25) is 0 Å². The summed E-state index contributed by atoms with van der Waals surface area (Å²) in [6.45, 7) is 8.91. The summed E-state index contributed by atoms with van der Waals surface area (Å²) in [5, 5.41) is 13.6. The lowest BCUT2D eigenvalue weighted by Crippen LogP contribution is -2.29. The standard InChI is InChI=1S/C30H27F3N4O3/c1-18-9-10-22(19(2)11-18)16-36-26(13-25(30(31,32)33)24(14-34)27(36)38)21-8-6-7-20(12-21)23-15-35-37(17-23)28(39)40-29(3,4)5/h6-13,15,17H,16H2,1-5H3. The van der Waals surface area contributed by atoms with E-state index in [4.69, 9.17) is 4.74 Å². The summed E-state index contributed by atoms with van der Waals surface area (Å²) in [5.74, 6) is 0. The summed E-state index contributed by atoms with van der Waals surface area (Å²) in [6.07, 6.45) is -2.70. The number of nitriles is 1. The number of ether oxygens (including phenoxy) is 1. The molecule has 0 aliphatic carbocycles. The normalized spacial score (nSPS) is 11.8. The molecule has 0 saturated carbocycles. The average molecular weight is 549 g/mol. The molecular weight excluding hydrogens is 521 g/mol. The van der Waals surface area contributed by atoms with E-state index in [1.165, 1.54) is 23.0 Å². The maximum absolute atomic E-state index is 14.0. The second kappa shape index (κ2) is 10.5. The molecule has 2 aromatic carbocycles. The number of aromatic nitrogens is 3. The molecule has 0 aliphatic rings. The first kappa shape index (κ1) is 28.4. The van der Waals surface area contributed by atoms with E-state index >= 15 is 0 Å². The lowest BCUT2D eigenvalue weighted by Gasteiger charge is -2.19. The van der Waals surface area contributed by atoms with E-state index in [0.717, 1.165) is 27.4 Å². The van der Waals surface area contributed by atoms with Crippen LogP contribution >= 0.6 is 0 Å². The number of nitrogens with zero attached hydrogens (tertiary/aromatic N) is 4. The quantitative estimate of drug-likeness (QED) is 0.283. The van der Waals surface area contributed by atoms with Crippen molar-refractivity contribution in [2.75, 3.05) is 0 Å². The Morgan fingerprint density at radius 2 is 1.73 bits per heavy atom. The highest BCUT2D eigenvalue weighted by Gasteiger charge is 2.36. The van der Waals surface area contributed by atoms with Gasteiger partial charge in [0.2, 0.25) is 0 Å². The Bertz CT molecular complexity index is 1700. The van der Waals surface area contributed by atoms with Crippen LogP contribution in [0.25, 0.3) is 22.4 Å². The van der Waals surface area contributed by atoms with Gasteiger partial charge in [0.1, 0.15) is 17.2 Å². The maximum atomic E-state index is 14.0. The largest absolute Gasteiger partial charge is 0.442 e. The zero-order valence-electron chi connectivity index (χ0n) is 22.6. The average Bonchev–Trinajstić information content (AvgIpc) is 3.35. The van der Waals surface area contributed by atoms with Crippen molar-refractivity contribution in [1.82, 2.24) is 14.3 Å². The minimum Gasteiger partial charge on any atom is -0.442 e. The van der Waals surface area contributed by atoms with E-state index in [1.54, 1.807) is 45.0 Å². The molecule has 0 atom stereocenters. The van der Waals surface area contributed by atoms with Crippen molar-refractivity contribution >= 4 is 6.09 Å². The van der Waals surface area contributed by atoms with Gasteiger partial charge in [-0.3, -0.25) is 4.79 Å². The Labute approximate surface area is 229 Å². The van der Waals surface area contributed by atoms with Gasteiger partial charge in [0.05, 0.1) is 24.0 Å². The molecule has 2 heterocycles. The lowest BCUT2D eigenvalue weighted by molar-refractivity contribution is -0.137. The first-order valence-corrected chi connectivity index (χ1v) is 12.4. The number of carbonyl (C=O) groups is 1. The van der Waals surface area contributed by atoms with Gasteiger partial charge in [-0.25, -0.2) is 4.79 Å². The number of benzene rings is 2. The predicted octanol–water partition coefficient (Wildman–Crippen LogP) is 6.72. The number of aryl methyl sites for hydroxylation is 2. The van der Waals surface area contributed by atoms with Crippen LogP contribution in [-0.2, 0) is 17.5 Å². The molecule has 206 valence electrons. The summed E-state index contributed by atoms with van der Waals surface area (Å²) in [7, 11) is 0. The van der Waals surface area contributed by atoms with Gasteiger partial charge < -0.3 is 9.30 Å². The number of hydrogen-bond donors (Lipinski definition) is 0. The fourth-order valence-corrected chi connectivity index (χ4v) is 4.31. The molecule has 0 aliphatic heterocycles. The van der Waals surface area contributed by atoms with Gasteiger partial charge in [0.15, 0.2) is 0 Å². The van der Waals surface area contributed by atoms with Gasteiger partial charge in [-0.1, -0.05) is 42.0 Å². The number of halogens is 3. The second-order valence-electron chi connectivity index (χ2n) is 10.5. The minimum atomic E-state index is -4.91. The lowest BCUT2D eigenvalue weighted by atomic mass is 9.99. The third-order valence-electron chi connectivity index (χ3n) is 6.20. The Kier molecular flexibility index (Phi) is 7.44. The highest BCUT2D eigenvalue weighted by molar-refractivity contribution is 5.75. The van der Waals surface area contributed by atoms with Crippen LogP contribution in [0.15, 0.2) is 65.7 Å². The molecule has 0 radical (unpaired) electrons. The molecule has 10 heteroatoms. The van der Waals surface area contributed by atoms with Gasteiger partial charge in [-0.05, 0) is 69.0 Å². The summed E-state index contributed by atoms with van der Waals surface area (Å²) in [4.78, 5) is 25.8. The van der Waals surface area contributed by atoms with Gasteiger partial charge in [-0.15, -0.1) is 0 Å². The first-order valence-electron chi connectivity index (χ1n) is 12.4. The van der Waals surface area contributed by atoms with Crippen LogP contribution in [0.5, 0.6) is 0 Å². The third kappa shape index (κ3) is 5.99. The molecule has 0 fully saturated rings. The minimum absolute atomic E-state index is 0.00214. The van der Waals surface area contributed by atoms with Crippen LogP contribution in [0, 0.1) is 25.2 Å². The van der Waals surface area contributed by atoms with E-state index in [0.29, 0.717) is 16.7 Å². The highest BCUT2D eigenvalue weighted by atomic mass is 19.4. The highest BCUT2D eigenvalue weighted by Crippen LogP contribution is 2.35.